The molecule has 3 N–H and O–H groups in total. The molecule has 0 unspecified atom stereocenters. The molecule has 154 valence electrons. The van der Waals surface area contributed by atoms with Crippen LogP contribution < -0.4 is 4.90 Å². The van der Waals surface area contributed by atoms with E-state index in [1.807, 2.05) is 30.1 Å². The van der Waals surface area contributed by atoms with E-state index in [1.54, 1.807) is 6.07 Å². The van der Waals surface area contributed by atoms with Crippen molar-refractivity contribution in [3.63, 3.8) is 0 Å². The zero-order valence-corrected chi connectivity index (χ0v) is 17.3. The number of nitrogens with zero attached hydrogens (tertiary/aromatic N) is 1. The maximum Gasteiger partial charge on any atom is 0.138 e. The number of aliphatic hydroxyl groups excluding tert-OH is 1. The van der Waals surface area contributed by atoms with Crippen LogP contribution in [0.15, 0.2) is 48.5 Å². The number of hydrogen-bond donors (Lipinski definition) is 3. The largest absolute Gasteiger partial charge is 0.506 e. The standard InChI is InChI=1S/C25H31NO3/c1-24-14-13-18-17-8-4-3-7-16(17)11-12-19(18)25(24,29)22(15-23(24)28)26(2)20-9-5-6-10-21(20)27/h3-10,18-19,22-23,27-29H,11-15H2,1-2H3/t18-,19-,22+,23+,24-,25+/m1/s1. The lowest BCUT2D eigenvalue weighted by atomic mass is 9.52. The van der Waals surface area contributed by atoms with Gasteiger partial charge in [0.05, 0.1) is 23.4 Å². The summed E-state index contributed by atoms with van der Waals surface area (Å²) in [5.41, 5.74) is 1.94. The van der Waals surface area contributed by atoms with Crippen LogP contribution in [0.2, 0.25) is 0 Å². The molecule has 2 fully saturated rings. The van der Waals surface area contributed by atoms with E-state index in [1.165, 1.54) is 11.1 Å². The number of fused-ring (bicyclic) bond motifs is 5. The Bertz CT molecular complexity index is 930. The van der Waals surface area contributed by atoms with Crippen LogP contribution in [0.4, 0.5) is 5.69 Å². The Kier molecular flexibility index (Phi) is 4.24. The minimum absolute atomic E-state index is 0.103. The molecular formula is C25H31NO3. The second-order valence-corrected chi connectivity index (χ2v) is 9.60. The Balaban J connectivity index is 1.60. The number of likely N-dealkylation sites (N-methyl/N-ethyl adjacent to an activating group) is 1. The number of phenols is 1. The number of rotatable bonds is 2. The molecule has 0 saturated heterocycles. The topological polar surface area (TPSA) is 63.9 Å². The third-order valence-corrected chi connectivity index (χ3v) is 8.54. The molecule has 0 bridgehead atoms. The third-order valence-electron chi connectivity index (χ3n) is 8.54. The molecule has 2 aromatic rings. The summed E-state index contributed by atoms with van der Waals surface area (Å²) in [4.78, 5) is 2.01. The summed E-state index contributed by atoms with van der Waals surface area (Å²) in [7, 11) is 1.94. The van der Waals surface area contributed by atoms with E-state index < -0.39 is 17.1 Å². The van der Waals surface area contributed by atoms with Gasteiger partial charge in [0.2, 0.25) is 0 Å². The van der Waals surface area contributed by atoms with E-state index in [0.29, 0.717) is 18.0 Å². The highest BCUT2D eigenvalue weighted by molar-refractivity contribution is 5.59. The Morgan fingerprint density at radius 1 is 1.03 bits per heavy atom. The van der Waals surface area contributed by atoms with Gasteiger partial charge in [-0.2, -0.15) is 0 Å². The number of phenolic OH excluding ortho intramolecular Hbond substituents is 1. The van der Waals surface area contributed by atoms with Crippen LogP contribution in [0.25, 0.3) is 0 Å². The summed E-state index contributed by atoms with van der Waals surface area (Å²) in [6, 6.07) is 15.7. The van der Waals surface area contributed by atoms with E-state index in [9.17, 15) is 15.3 Å². The highest BCUT2D eigenvalue weighted by Gasteiger charge is 2.69. The van der Waals surface area contributed by atoms with Gasteiger partial charge < -0.3 is 20.2 Å². The van der Waals surface area contributed by atoms with Crippen LogP contribution in [-0.4, -0.2) is 40.1 Å². The second kappa shape index (κ2) is 6.48. The SMILES string of the molecule is CN(c1ccccc1O)[C@H]1C[C@H](O)[C@@]2(C)CC[C@@H]3c4ccccc4CC[C@H]3[C@]12O. The van der Waals surface area contributed by atoms with Gasteiger partial charge in [0.25, 0.3) is 0 Å². The minimum Gasteiger partial charge on any atom is -0.506 e. The van der Waals surface area contributed by atoms with Crippen LogP contribution in [0.5, 0.6) is 5.75 Å². The maximum absolute atomic E-state index is 12.5. The summed E-state index contributed by atoms with van der Waals surface area (Å²) >= 11 is 0. The molecule has 5 rings (SSSR count). The fourth-order valence-electron chi connectivity index (χ4n) is 6.91. The molecule has 3 aliphatic carbocycles. The van der Waals surface area contributed by atoms with Gasteiger partial charge in [0.15, 0.2) is 0 Å². The Hall–Kier alpha value is -2.04. The molecule has 4 heteroatoms. The fourth-order valence-corrected chi connectivity index (χ4v) is 6.91. The predicted octanol–water partition coefficient (Wildman–Crippen LogP) is 3.84. The quantitative estimate of drug-likeness (QED) is 0.725. The summed E-state index contributed by atoms with van der Waals surface area (Å²) in [5.74, 6) is 0.637. The summed E-state index contributed by atoms with van der Waals surface area (Å²) < 4.78 is 0. The van der Waals surface area contributed by atoms with Gasteiger partial charge in [-0.15, -0.1) is 0 Å². The minimum atomic E-state index is -1.01. The first-order chi connectivity index (χ1) is 13.9. The fraction of sp³-hybridized carbons (Fsp3) is 0.520. The average Bonchev–Trinajstić information content (AvgIpc) is 2.94. The Morgan fingerprint density at radius 3 is 2.55 bits per heavy atom. The van der Waals surface area contributed by atoms with Crippen LogP contribution >= 0.6 is 0 Å². The van der Waals surface area contributed by atoms with E-state index >= 15 is 0 Å². The van der Waals surface area contributed by atoms with Gasteiger partial charge in [0, 0.05) is 12.5 Å². The molecule has 0 aromatic heterocycles. The van der Waals surface area contributed by atoms with Gasteiger partial charge in [0.1, 0.15) is 5.75 Å². The maximum atomic E-state index is 12.5. The zero-order valence-electron chi connectivity index (χ0n) is 17.3. The van der Waals surface area contributed by atoms with Crippen molar-refractivity contribution in [2.45, 2.75) is 62.7 Å². The normalized spacial score (nSPS) is 38.1. The summed E-state index contributed by atoms with van der Waals surface area (Å²) in [6.07, 6.45) is 3.69. The number of benzene rings is 2. The number of aliphatic hydroxyl groups is 2. The lowest BCUT2D eigenvalue weighted by Crippen LogP contribution is -2.64. The van der Waals surface area contributed by atoms with E-state index in [4.69, 9.17) is 0 Å². The first-order valence-corrected chi connectivity index (χ1v) is 10.9. The number of para-hydroxylation sites is 2. The number of anilines is 1. The molecular weight excluding hydrogens is 362 g/mol. The first kappa shape index (κ1) is 19.0. The molecule has 4 nitrogen and oxygen atoms in total. The third kappa shape index (κ3) is 2.45. The van der Waals surface area contributed by atoms with Crippen LogP contribution in [-0.2, 0) is 6.42 Å². The van der Waals surface area contributed by atoms with Gasteiger partial charge >= 0.3 is 0 Å². The van der Waals surface area contributed by atoms with Crippen molar-refractivity contribution in [3.8, 4) is 5.75 Å². The van der Waals surface area contributed by atoms with Crippen molar-refractivity contribution < 1.29 is 15.3 Å². The van der Waals surface area contributed by atoms with Crippen LogP contribution in [0.3, 0.4) is 0 Å². The molecule has 0 spiro atoms. The molecule has 0 aliphatic heterocycles. The van der Waals surface area contributed by atoms with Gasteiger partial charge in [-0.1, -0.05) is 43.3 Å². The van der Waals surface area contributed by atoms with Crippen molar-refractivity contribution in [1.82, 2.24) is 0 Å². The molecule has 0 heterocycles. The molecule has 0 amide bonds. The van der Waals surface area contributed by atoms with Crippen molar-refractivity contribution in [2.75, 3.05) is 11.9 Å². The van der Waals surface area contributed by atoms with Crippen LogP contribution in [0.1, 0.15) is 49.7 Å². The Labute approximate surface area is 172 Å². The second-order valence-electron chi connectivity index (χ2n) is 9.60. The van der Waals surface area contributed by atoms with E-state index in [2.05, 4.69) is 31.2 Å². The molecule has 3 aliphatic rings. The smallest absolute Gasteiger partial charge is 0.138 e. The van der Waals surface area contributed by atoms with Crippen molar-refractivity contribution in [1.29, 1.82) is 0 Å². The highest BCUT2D eigenvalue weighted by atomic mass is 16.3. The average molecular weight is 394 g/mol. The molecule has 0 radical (unpaired) electrons. The molecule has 6 atom stereocenters. The lowest BCUT2D eigenvalue weighted by molar-refractivity contribution is -0.168. The zero-order chi connectivity index (χ0) is 20.4. The number of hydrogen-bond acceptors (Lipinski definition) is 4. The van der Waals surface area contributed by atoms with Gasteiger partial charge in [-0.25, -0.2) is 0 Å². The molecule has 29 heavy (non-hydrogen) atoms. The first-order valence-electron chi connectivity index (χ1n) is 10.9. The van der Waals surface area contributed by atoms with Gasteiger partial charge in [-0.3, -0.25) is 0 Å². The highest BCUT2D eigenvalue weighted by Crippen LogP contribution is 2.64. The molecule has 2 saturated carbocycles. The van der Waals surface area contributed by atoms with Crippen molar-refractivity contribution >= 4 is 5.69 Å². The number of aryl methyl sites for hydroxylation is 1. The van der Waals surface area contributed by atoms with Crippen LogP contribution in [0, 0.1) is 11.3 Å². The molecule has 2 aromatic carbocycles. The van der Waals surface area contributed by atoms with Crippen molar-refractivity contribution in [2.24, 2.45) is 11.3 Å². The monoisotopic (exact) mass is 393 g/mol. The number of aromatic hydroxyl groups is 1. The van der Waals surface area contributed by atoms with Crippen molar-refractivity contribution in [3.05, 3.63) is 59.7 Å². The predicted molar refractivity (Wildman–Crippen MR) is 114 cm³/mol. The summed E-state index contributed by atoms with van der Waals surface area (Å²) in [6.45, 7) is 2.08. The van der Waals surface area contributed by atoms with E-state index in [-0.39, 0.29) is 17.7 Å². The van der Waals surface area contributed by atoms with E-state index in [0.717, 1.165) is 25.7 Å². The van der Waals surface area contributed by atoms with Gasteiger partial charge in [-0.05, 0) is 67.2 Å². The lowest BCUT2D eigenvalue weighted by Gasteiger charge is -2.58. The Morgan fingerprint density at radius 2 is 1.76 bits per heavy atom. The summed E-state index contributed by atoms with van der Waals surface area (Å²) in [5, 5.41) is 34.0.